The van der Waals surface area contributed by atoms with Crippen LogP contribution in [0.25, 0.3) is 27.6 Å². The maximum absolute atomic E-state index is 14.6. The van der Waals surface area contributed by atoms with Crippen LogP contribution in [0.3, 0.4) is 0 Å². The molecule has 0 saturated carbocycles. The van der Waals surface area contributed by atoms with Crippen molar-refractivity contribution >= 4 is 33.8 Å². The predicted molar refractivity (Wildman–Crippen MR) is 177 cm³/mol. The van der Waals surface area contributed by atoms with Gasteiger partial charge in [0.15, 0.2) is 17.6 Å². The van der Waals surface area contributed by atoms with Gasteiger partial charge < -0.3 is 29.3 Å². The molecule has 2 unspecified atom stereocenters. The van der Waals surface area contributed by atoms with Crippen LogP contribution in [0.2, 0.25) is 0 Å². The lowest BCUT2D eigenvalue weighted by molar-refractivity contribution is -0.0366. The number of carbonyl (C=O) groups is 1. The van der Waals surface area contributed by atoms with E-state index in [4.69, 9.17) is 24.5 Å². The van der Waals surface area contributed by atoms with Crippen LogP contribution < -0.4 is 15.2 Å². The zero-order chi connectivity index (χ0) is 33.5. The van der Waals surface area contributed by atoms with Gasteiger partial charge in [0.25, 0.3) is 5.56 Å². The van der Waals surface area contributed by atoms with Gasteiger partial charge in [0, 0.05) is 37.7 Å². The number of likely N-dealkylation sites (N-methyl/N-ethyl adjacent to an activating group) is 1. The van der Waals surface area contributed by atoms with E-state index in [1.807, 2.05) is 28.6 Å². The molecule has 6 heterocycles. The van der Waals surface area contributed by atoms with E-state index in [-0.39, 0.29) is 48.9 Å². The van der Waals surface area contributed by atoms with Gasteiger partial charge in [-0.1, -0.05) is 6.07 Å². The smallest absolute Gasteiger partial charge is 0.407 e. The summed E-state index contributed by atoms with van der Waals surface area (Å²) in [5, 5.41) is 24.7. The third-order valence-corrected chi connectivity index (χ3v) is 9.89. The standard InChI is InChI=1S/C33H40N10O5/c1-20-9-10-25-24(17-35-43(25)26-8-4-5-16-47-26)29(20)42-21(2)36-27-28(31(42)44)37-32(48-19-23-7-6-13-39(23)3)38-30(27)40-14-15-41(33(45)46)22(18-40)11-12-34/h9-10,17,22-23,26H,4-8,11,13-16,18-19H2,1-3H3,(H,45,46)/t22-,23?,26?/m0/s1. The Kier molecular flexibility index (Phi) is 8.61. The molecule has 3 saturated heterocycles. The second-order valence-electron chi connectivity index (χ2n) is 12.9. The highest BCUT2D eigenvalue weighted by atomic mass is 16.5. The van der Waals surface area contributed by atoms with Crippen LogP contribution in [0.5, 0.6) is 6.01 Å². The van der Waals surface area contributed by atoms with E-state index in [1.54, 1.807) is 17.7 Å². The number of anilines is 1. The highest BCUT2D eigenvalue weighted by molar-refractivity contribution is 5.91. The largest absolute Gasteiger partial charge is 0.465 e. The van der Waals surface area contributed by atoms with E-state index < -0.39 is 12.1 Å². The van der Waals surface area contributed by atoms with Crippen molar-refractivity contribution in [2.75, 3.05) is 51.3 Å². The van der Waals surface area contributed by atoms with Gasteiger partial charge in [-0.25, -0.2) is 14.5 Å². The van der Waals surface area contributed by atoms with Crippen LogP contribution in [0.4, 0.5) is 10.6 Å². The molecule has 1 aromatic carbocycles. The average molecular weight is 657 g/mol. The Balaban J connectivity index is 1.36. The molecule has 3 aliphatic heterocycles. The molecule has 0 bridgehead atoms. The lowest BCUT2D eigenvalue weighted by atomic mass is 10.1. The Labute approximate surface area is 277 Å². The molecule has 7 rings (SSSR count). The minimum absolute atomic E-state index is 0.0192. The predicted octanol–water partition coefficient (Wildman–Crippen LogP) is 3.40. The number of likely N-dealkylation sites (tertiary alicyclic amines) is 1. The highest BCUT2D eigenvalue weighted by Crippen LogP contribution is 2.32. The summed E-state index contributed by atoms with van der Waals surface area (Å²) in [6.45, 7) is 6.44. The first kappa shape index (κ1) is 31.8. The number of benzene rings is 1. The number of amides is 1. The Bertz CT molecular complexity index is 1960. The summed E-state index contributed by atoms with van der Waals surface area (Å²) in [5.74, 6) is 0.820. The van der Waals surface area contributed by atoms with Gasteiger partial charge in [0.05, 0.1) is 35.9 Å². The summed E-state index contributed by atoms with van der Waals surface area (Å²) in [7, 11) is 2.06. The van der Waals surface area contributed by atoms with Crippen LogP contribution in [-0.4, -0.2) is 109 Å². The fraction of sp³-hybridized carbons (Fsp3) is 0.545. The number of hydrogen-bond donors (Lipinski definition) is 1. The molecular formula is C33H40N10O5. The van der Waals surface area contributed by atoms with E-state index in [2.05, 4.69) is 23.0 Å². The van der Waals surface area contributed by atoms with Crippen LogP contribution in [-0.2, 0) is 4.74 Å². The number of hydrogen-bond acceptors (Lipinski definition) is 11. The van der Waals surface area contributed by atoms with Crippen molar-refractivity contribution < 1.29 is 19.4 Å². The van der Waals surface area contributed by atoms with Gasteiger partial charge in [0.1, 0.15) is 17.9 Å². The van der Waals surface area contributed by atoms with Crippen LogP contribution in [0.1, 0.15) is 56.1 Å². The van der Waals surface area contributed by atoms with Gasteiger partial charge in [-0.15, -0.1) is 0 Å². The minimum atomic E-state index is -1.08. The summed E-state index contributed by atoms with van der Waals surface area (Å²) in [4.78, 5) is 46.3. The number of piperazine rings is 1. The number of nitrogens with zero attached hydrogens (tertiary/aromatic N) is 10. The number of ether oxygens (including phenoxy) is 2. The number of carboxylic acid groups (broad SMARTS) is 1. The first-order chi connectivity index (χ1) is 23.2. The molecule has 0 spiro atoms. The molecule has 48 heavy (non-hydrogen) atoms. The first-order valence-corrected chi connectivity index (χ1v) is 16.6. The van der Waals surface area contributed by atoms with Crippen LogP contribution in [0.15, 0.2) is 23.1 Å². The van der Waals surface area contributed by atoms with Crippen molar-refractivity contribution in [3.8, 4) is 17.8 Å². The molecule has 3 fully saturated rings. The summed E-state index contributed by atoms with van der Waals surface area (Å²) in [6, 6.07) is 5.77. The van der Waals surface area contributed by atoms with E-state index >= 15 is 0 Å². The lowest BCUT2D eigenvalue weighted by Crippen LogP contribution is -2.55. The summed E-state index contributed by atoms with van der Waals surface area (Å²) in [5.41, 5.74) is 2.43. The van der Waals surface area contributed by atoms with Crippen molar-refractivity contribution in [3.63, 3.8) is 0 Å². The zero-order valence-electron chi connectivity index (χ0n) is 27.5. The molecule has 0 aliphatic carbocycles. The molecule has 15 nitrogen and oxygen atoms in total. The normalized spacial score (nSPS) is 22.0. The Hall–Kier alpha value is -4.81. The topological polar surface area (TPSA) is 168 Å². The second-order valence-corrected chi connectivity index (χ2v) is 12.9. The van der Waals surface area contributed by atoms with E-state index in [1.165, 1.54) is 4.90 Å². The third kappa shape index (κ3) is 5.68. The Morgan fingerprint density at radius 1 is 1.08 bits per heavy atom. The number of aryl methyl sites for hydroxylation is 2. The molecule has 1 N–H and O–H groups in total. The molecule has 4 aromatic rings. The van der Waals surface area contributed by atoms with E-state index in [0.717, 1.165) is 55.1 Å². The van der Waals surface area contributed by atoms with Crippen molar-refractivity contribution in [3.05, 3.63) is 40.1 Å². The summed E-state index contributed by atoms with van der Waals surface area (Å²) in [6.07, 6.45) is 5.57. The summed E-state index contributed by atoms with van der Waals surface area (Å²) >= 11 is 0. The number of nitriles is 1. The minimum Gasteiger partial charge on any atom is -0.465 e. The zero-order valence-corrected chi connectivity index (χ0v) is 27.5. The molecular weight excluding hydrogens is 616 g/mol. The van der Waals surface area contributed by atoms with Crippen LogP contribution in [0, 0.1) is 25.2 Å². The quantitative estimate of drug-likeness (QED) is 0.308. The van der Waals surface area contributed by atoms with E-state index in [0.29, 0.717) is 42.6 Å². The molecule has 0 radical (unpaired) electrons. The Morgan fingerprint density at radius 2 is 1.94 bits per heavy atom. The fourth-order valence-electron chi connectivity index (χ4n) is 7.29. The number of aromatic nitrogens is 6. The van der Waals surface area contributed by atoms with Crippen molar-refractivity contribution in [2.45, 2.75) is 70.7 Å². The molecule has 15 heteroatoms. The first-order valence-electron chi connectivity index (χ1n) is 16.6. The lowest BCUT2D eigenvalue weighted by Gasteiger charge is -2.39. The third-order valence-electron chi connectivity index (χ3n) is 9.89. The van der Waals surface area contributed by atoms with Gasteiger partial charge >= 0.3 is 12.1 Å². The Morgan fingerprint density at radius 3 is 2.67 bits per heavy atom. The maximum atomic E-state index is 14.6. The van der Waals surface area contributed by atoms with E-state index in [9.17, 15) is 20.0 Å². The number of rotatable bonds is 7. The van der Waals surface area contributed by atoms with Crippen molar-refractivity contribution in [1.82, 2.24) is 39.1 Å². The van der Waals surface area contributed by atoms with Gasteiger partial charge in [-0.3, -0.25) is 9.36 Å². The van der Waals surface area contributed by atoms with Gasteiger partial charge in [-0.05, 0) is 71.2 Å². The highest BCUT2D eigenvalue weighted by Gasteiger charge is 2.33. The number of fused-ring (bicyclic) bond motifs is 2. The SMILES string of the molecule is Cc1ccc2c(cnn2C2CCCCO2)c1-n1c(C)nc2c(N3CCN(C(=O)O)[C@@H](CC#N)C3)nc(OCC3CCCN3C)nc2c1=O. The van der Waals surface area contributed by atoms with Crippen molar-refractivity contribution in [1.29, 1.82) is 5.26 Å². The van der Waals surface area contributed by atoms with Gasteiger partial charge in [0.2, 0.25) is 0 Å². The second kappa shape index (κ2) is 13.0. The molecule has 3 aliphatic rings. The molecule has 1 amide bonds. The fourth-order valence-corrected chi connectivity index (χ4v) is 7.29. The molecule has 3 atom stereocenters. The average Bonchev–Trinajstić information content (AvgIpc) is 3.70. The summed E-state index contributed by atoms with van der Waals surface area (Å²) < 4.78 is 15.7. The van der Waals surface area contributed by atoms with Crippen LogP contribution >= 0.6 is 0 Å². The monoisotopic (exact) mass is 656 g/mol. The molecule has 3 aromatic heterocycles. The molecule has 252 valence electrons. The maximum Gasteiger partial charge on any atom is 0.407 e. The van der Waals surface area contributed by atoms with Crippen molar-refractivity contribution in [2.24, 2.45) is 0 Å². The van der Waals surface area contributed by atoms with Gasteiger partial charge in [-0.2, -0.15) is 20.3 Å².